The maximum Gasteiger partial charge on any atom is 0.306 e. The van der Waals surface area contributed by atoms with Crippen molar-refractivity contribution < 1.29 is 105 Å². The predicted molar refractivity (Wildman–Crippen MR) is 459 cm³/mol. The van der Waals surface area contributed by atoms with E-state index in [2.05, 4.69) is 113 Å². The number of carbonyl (C=O) groups excluding carboxylic acids is 4. The molecule has 2 saturated carbocycles. The number of likely N-dealkylation sites (N-methyl/N-ethyl adjacent to an activating group) is 2. The van der Waals surface area contributed by atoms with Crippen LogP contribution in [0.5, 0.6) is 0 Å². The molecule has 6 aliphatic carbocycles. The highest BCUT2D eigenvalue weighted by Crippen LogP contribution is 2.58. The van der Waals surface area contributed by atoms with Crippen LogP contribution in [0.1, 0.15) is 183 Å². The van der Waals surface area contributed by atoms with Crippen molar-refractivity contribution in [3.8, 4) is 0 Å². The first-order valence-electron chi connectivity index (χ1n) is 45.3. The fourth-order valence-corrected chi connectivity index (χ4v) is 23.7. The summed E-state index contributed by atoms with van der Waals surface area (Å²) >= 11 is 7.05. The Balaban J connectivity index is 0.000000187. The van der Waals surface area contributed by atoms with Crippen LogP contribution in [0.25, 0.3) is 0 Å². The lowest BCUT2D eigenvalue weighted by molar-refractivity contribution is -0.486. The number of fused-ring (bicyclic) bond motifs is 10. The number of halogens is 1. The number of methoxy groups -OCH3 is 6. The number of rotatable bonds is 21. The van der Waals surface area contributed by atoms with Crippen molar-refractivity contribution in [2.75, 3.05) is 91.4 Å². The molecule has 13 aliphatic rings. The molecule has 0 spiro atoms. The van der Waals surface area contributed by atoms with E-state index in [1.807, 2.05) is 27.7 Å². The van der Waals surface area contributed by atoms with Gasteiger partial charge in [-0.15, -0.1) is 11.3 Å². The Hall–Kier alpha value is -4.85. The smallest absolute Gasteiger partial charge is 0.306 e. The van der Waals surface area contributed by atoms with Gasteiger partial charge in [0.2, 0.25) is 0 Å². The van der Waals surface area contributed by atoms with Crippen LogP contribution in [-0.2, 0) is 106 Å². The Labute approximate surface area is 737 Å². The number of cyclic esters (lactones) is 2. The number of ether oxygens (including phenoxy) is 17. The second kappa shape index (κ2) is 44.2. The molecule has 8 heterocycles. The third-order valence-corrected chi connectivity index (χ3v) is 30.2. The van der Waals surface area contributed by atoms with Crippen LogP contribution in [-0.4, -0.2) is 285 Å². The maximum absolute atomic E-state index is 14.7. The highest BCUT2D eigenvalue weighted by Gasteiger charge is 2.57. The normalized spacial score (nSPS) is 41.6. The van der Waals surface area contributed by atoms with E-state index in [-0.39, 0.29) is 213 Å². The number of esters is 2. The van der Waals surface area contributed by atoms with E-state index in [1.165, 1.54) is 16.9 Å². The average Bonchev–Trinajstić information content (AvgIpc) is 1.59. The molecule has 14 rings (SSSR count). The van der Waals surface area contributed by atoms with Crippen molar-refractivity contribution in [1.29, 1.82) is 0 Å². The van der Waals surface area contributed by atoms with E-state index in [4.69, 9.17) is 92.1 Å². The lowest BCUT2D eigenvalue weighted by Gasteiger charge is -2.44. The molecule has 7 aliphatic heterocycles. The number of ketones is 2. The van der Waals surface area contributed by atoms with Crippen LogP contribution in [0.4, 0.5) is 0 Å². The Morgan fingerprint density at radius 2 is 1.04 bits per heavy atom. The Kier molecular flexibility index (Phi) is 34.9. The van der Waals surface area contributed by atoms with Crippen molar-refractivity contribution >= 4 is 52.4 Å². The summed E-state index contributed by atoms with van der Waals surface area (Å²) in [5.74, 6) is 0.289. The van der Waals surface area contributed by atoms with Gasteiger partial charge in [-0.05, 0) is 224 Å². The van der Waals surface area contributed by atoms with Gasteiger partial charge in [-0.25, -0.2) is 15.1 Å². The van der Waals surface area contributed by atoms with E-state index in [9.17, 15) is 29.3 Å². The van der Waals surface area contributed by atoms with Crippen LogP contribution >= 0.6 is 22.9 Å². The molecule has 692 valence electrons. The molecule has 123 heavy (non-hydrogen) atoms. The second-order valence-electron chi connectivity index (χ2n) is 37.0. The molecule has 0 N–H and O–H groups in total. The lowest BCUT2D eigenvalue weighted by atomic mass is 9.67. The summed E-state index contributed by atoms with van der Waals surface area (Å²) in [6, 6.07) is 0.676. The Morgan fingerprint density at radius 1 is 0.561 bits per heavy atom. The van der Waals surface area contributed by atoms with Gasteiger partial charge in [0.1, 0.15) is 67.4 Å². The summed E-state index contributed by atoms with van der Waals surface area (Å²) in [6.45, 7) is 19.5. The summed E-state index contributed by atoms with van der Waals surface area (Å²) in [6.07, 6.45) is 21.0. The zero-order chi connectivity index (χ0) is 88.5. The molecular formula is C91H142ClN7O23S. The van der Waals surface area contributed by atoms with Gasteiger partial charge in [-0.3, -0.25) is 19.2 Å². The van der Waals surface area contributed by atoms with Gasteiger partial charge >= 0.3 is 11.9 Å². The van der Waals surface area contributed by atoms with Crippen LogP contribution in [0.2, 0.25) is 4.47 Å². The van der Waals surface area contributed by atoms with E-state index < -0.39 is 29.8 Å². The zero-order valence-corrected chi connectivity index (χ0v) is 77.8. The summed E-state index contributed by atoms with van der Waals surface area (Å²) in [5, 5.41) is 13.2. The molecule has 9 fully saturated rings. The molecule has 32 heteroatoms. The first-order valence-corrected chi connectivity index (χ1v) is 46.5. The van der Waals surface area contributed by atoms with Crippen LogP contribution in [0.3, 0.4) is 0 Å². The van der Waals surface area contributed by atoms with Crippen molar-refractivity contribution in [3.05, 3.63) is 72.8 Å². The molecule has 0 unspecified atom stereocenters. The lowest BCUT2D eigenvalue weighted by Crippen LogP contribution is -2.59. The van der Waals surface area contributed by atoms with Gasteiger partial charge in [0, 0.05) is 96.5 Å². The Bertz CT molecular complexity index is 3830. The van der Waals surface area contributed by atoms with Gasteiger partial charge in [-0.1, -0.05) is 75.2 Å². The minimum absolute atomic E-state index is 0.0364. The third kappa shape index (κ3) is 22.8. The topological polar surface area (TPSA) is 307 Å². The molecule has 34 atom stereocenters. The van der Waals surface area contributed by atoms with Gasteiger partial charge in [0.25, 0.3) is 5.96 Å². The number of thiazole rings is 1. The molecule has 0 radical (unpaired) electrons. The average molecular weight is 1770 g/mol. The van der Waals surface area contributed by atoms with E-state index >= 15 is 0 Å². The molecule has 0 bridgehead atoms. The van der Waals surface area contributed by atoms with Crippen molar-refractivity contribution in [2.45, 2.75) is 319 Å². The molecule has 30 nitrogen and oxygen atoms in total. The van der Waals surface area contributed by atoms with E-state index in [0.717, 1.165) is 106 Å². The number of hydrogen-bond donors (Lipinski definition) is 0. The van der Waals surface area contributed by atoms with E-state index in [1.54, 1.807) is 65.7 Å². The zero-order valence-electron chi connectivity index (χ0n) is 76.2. The Morgan fingerprint density at radius 3 is 1.50 bits per heavy atom. The summed E-state index contributed by atoms with van der Waals surface area (Å²) in [4.78, 5) is 79.4. The molecule has 1 aromatic heterocycles. The number of Topliss-reactive ketones (excluding diaryl/α,β-unsaturated/α-hetero) is 2. The molecule has 1 aromatic rings. The fourth-order valence-electron chi connectivity index (χ4n) is 22.7. The largest absolute Gasteiger partial charge is 0.462 e. The summed E-state index contributed by atoms with van der Waals surface area (Å²) in [5.41, 5.74) is 2.84. The quantitative estimate of drug-likeness (QED) is 0.0478. The SMILES string of the molecule is CC[C@H]1CCC[C@H](O[C@H]2CC[C@H](N(C)C)[C@@H](C)O2)[C@@H](C)C(=O)C2=C[C@@H]3[C@@H](C=C(C)[C@@H]4C[C@@H](O[C@@H]5O[C@@H](C)[C@H](OC)[C@@H](OC)[C@H]5OC)C[C@@H]34)[C@@H]2CC(=O)O1.CC[C@H]1CCC[C@H](O[C@H]2CC[C@H](N(C)C)[C@@H](C)O2)[C@@H](C)C(=O)C2=C[C@@H]3[C@@H](C=C[C@@H]4C[C@@H](O[C@@H]5O[C@@H](C)[C@H](OC)[C@@H](OC)[C@H]5OC)C[C@@H]34)[C@@H]2CC(=O)O1.CN1COCN(Cc2cnc(Cl)s2)/C1=N/[N+](=O)[O-]. The highest BCUT2D eigenvalue weighted by atomic mass is 35.5. The number of nitrogens with zero attached hydrogens (tertiary/aromatic N) is 7. The number of aromatic nitrogens is 1. The van der Waals surface area contributed by atoms with E-state index in [0.29, 0.717) is 47.8 Å². The van der Waals surface area contributed by atoms with Gasteiger partial charge in [0.15, 0.2) is 46.2 Å². The number of carbonyl (C=O) groups is 4. The van der Waals surface area contributed by atoms with Crippen LogP contribution in [0, 0.1) is 81.1 Å². The minimum atomic E-state index is -0.718. The predicted octanol–water partition coefficient (Wildman–Crippen LogP) is 12.4. The summed E-state index contributed by atoms with van der Waals surface area (Å²) in [7, 11) is 20.0. The van der Waals surface area contributed by atoms with Crippen LogP contribution in [0.15, 0.2) is 58.4 Å². The number of nitro groups is 1. The molecule has 0 aromatic carbocycles. The van der Waals surface area contributed by atoms with Gasteiger partial charge in [-0.2, -0.15) is 0 Å². The van der Waals surface area contributed by atoms with Gasteiger partial charge < -0.3 is 100 Å². The summed E-state index contributed by atoms with van der Waals surface area (Å²) < 4.78 is 105. The first kappa shape index (κ1) is 97.2. The number of hydrogen-bond acceptors (Lipinski definition) is 27. The second-order valence-corrected chi connectivity index (χ2v) is 38.7. The maximum atomic E-state index is 14.7. The van der Waals surface area contributed by atoms with Crippen molar-refractivity contribution in [1.82, 2.24) is 24.6 Å². The first-order chi connectivity index (χ1) is 58.9. The highest BCUT2D eigenvalue weighted by molar-refractivity contribution is 7.15. The standard InChI is InChI=1S/C42H67NO10.C41H65NO10.C8H10ClN5O3S/c1-11-26-13-12-14-35(53-37-16-15-34(43(6)7)24(4)49-37)23(3)38(45)33-20-31-29(32(33)21-36(44)51-26)17-22(2)28-18-27(19-30(28)31)52-42-41(48-10)40(47-9)39(46-8)25(5)50-42;1-10-26-12-11-13-34(52-36-17-16-33(42(5)6)23(3)48-36)22(2)37(44)32-20-30-28(31(32)21-35(43)50-26)15-14-25-18-27(19-29(25)30)51-41-40(47-9)39(46-8)38(45-7)24(4)49-41;1-12-4-17-5-13(8(12)11-14(15)16)3-6-2-10-7(9)18-6/h17,20,23-32,34-35,37,39-42H,11-16,18-19,21H2,1-10H3;14-15,20,22-31,33-34,36,38-41H,10-13,16-19,21H2,1-9H3;2H,3-5H2,1H3/b;;11-8+/t23-,24-,25+,26+,27-,28+,29-,30-,31-,32+,34+,35+,37+,39+,40-,41-,42+;22-,23-,24+,25-,26+,27-,28-,29-,30-,31+,33+,34+,36+,38+,39-,40-,41+;/m11./s1. The van der Waals surface area contributed by atoms with Crippen molar-refractivity contribution in [3.63, 3.8) is 0 Å². The third-order valence-electron chi connectivity index (χ3n) is 29.1. The van der Waals surface area contributed by atoms with Crippen molar-refractivity contribution in [2.24, 2.45) is 76.1 Å². The fraction of sp³-hybridized carbons (Fsp3) is 0.824. The number of guanidine groups is 1. The molecule has 7 saturated heterocycles. The van der Waals surface area contributed by atoms with Crippen LogP contribution < -0.4 is 0 Å². The molecular weight excluding hydrogens is 1630 g/mol. The number of hydrazone groups is 1. The molecule has 0 amide bonds. The van der Waals surface area contributed by atoms with Gasteiger partial charge in [0.05, 0.1) is 68.2 Å². The minimum Gasteiger partial charge on any atom is -0.462 e. The monoisotopic (exact) mass is 1770 g/mol. The number of allylic oxidation sites excluding steroid dienone is 8.